The Morgan fingerprint density at radius 2 is 1.90 bits per heavy atom. The number of rotatable bonds is 8. The van der Waals surface area contributed by atoms with Crippen molar-refractivity contribution in [3.05, 3.63) is 24.3 Å². The third-order valence-electron chi connectivity index (χ3n) is 2.47. The molecule has 8 heteroatoms. The summed E-state index contributed by atoms with van der Waals surface area (Å²) in [5, 5.41) is 11.0. The van der Waals surface area contributed by atoms with Gasteiger partial charge in [0.1, 0.15) is 6.04 Å². The first-order valence-electron chi connectivity index (χ1n) is 6.00. The lowest BCUT2D eigenvalue weighted by Gasteiger charge is -2.14. The van der Waals surface area contributed by atoms with Gasteiger partial charge < -0.3 is 25.6 Å². The molecule has 0 aliphatic heterocycles. The number of aliphatic carboxylic acids is 1. The highest BCUT2D eigenvalue weighted by Gasteiger charge is 2.22. The van der Waals surface area contributed by atoms with E-state index in [9.17, 15) is 14.4 Å². The molecule has 0 aromatic heterocycles. The number of carboxylic acids is 1. The minimum Gasteiger partial charge on any atom is -0.493 e. The van der Waals surface area contributed by atoms with Crippen LogP contribution in [-0.2, 0) is 14.4 Å². The molecular weight excluding hydrogens is 280 g/mol. The van der Waals surface area contributed by atoms with Crippen LogP contribution in [0.1, 0.15) is 6.42 Å². The van der Waals surface area contributed by atoms with Crippen LogP contribution in [0.4, 0.5) is 0 Å². The minimum atomic E-state index is -1.38. The fourth-order valence-corrected chi connectivity index (χ4v) is 1.52. The van der Waals surface area contributed by atoms with E-state index in [-0.39, 0.29) is 0 Å². The van der Waals surface area contributed by atoms with Gasteiger partial charge in [-0.1, -0.05) is 12.1 Å². The predicted octanol–water partition coefficient (Wildman–Crippen LogP) is -0.481. The van der Waals surface area contributed by atoms with Crippen LogP contribution in [0.5, 0.6) is 11.5 Å². The lowest BCUT2D eigenvalue weighted by atomic mass is 10.2. The SMILES string of the molecule is COc1ccccc1OCC(=O)NC(CC(N)=O)C(=O)O. The van der Waals surface area contributed by atoms with Gasteiger partial charge in [-0.05, 0) is 12.1 Å². The van der Waals surface area contributed by atoms with Gasteiger partial charge in [0.25, 0.3) is 5.91 Å². The molecule has 1 aromatic carbocycles. The van der Waals surface area contributed by atoms with Gasteiger partial charge in [-0.2, -0.15) is 0 Å². The topological polar surface area (TPSA) is 128 Å². The van der Waals surface area contributed by atoms with Gasteiger partial charge in [0.05, 0.1) is 13.5 Å². The predicted molar refractivity (Wildman–Crippen MR) is 71.9 cm³/mol. The molecule has 1 rings (SSSR count). The standard InChI is InChI=1S/C13H16N2O6/c1-20-9-4-2-3-5-10(9)21-7-12(17)15-8(13(18)19)6-11(14)16/h2-5,8H,6-7H2,1H3,(H2,14,16)(H,15,17)(H,18,19). The number of carbonyl (C=O) groups is 3. The molecule has 114 valence electrons. The van der Waals surface area contributed by atoms with E-state index < -0.39 is 36.9 Å². The molecule has 8 nitrogen and oxygen atoms in total. The fourth-order valence-electron chi connectivity index (χ4n) is 1.52. The summed E-state index contributed by atoms with van der Waals surface area (Å²) in [4.78, 5) is 33.2. The first-order valence-corrected chi connectivity index (χ1v) is 6.00. The first kappa shape index (κ1) is 16.3. The highest BCUT2D eigenvalue weighted by molar-refractivity contribution is 5.88. The summed E-state index contributed by atoms with van der Waals surface area (Å²) < 4.78 is 10.3. The van der Waals surface area contributed by atoms with Crippen molar-refractivity contribution in [3.8, 4) is 11.5 Å². The van der Waals surface area contributed by atoms with E-state index in [1.165, 1.54) is 7.11 Å². The number of benzene rings is 1. The zero-order valence-corrected chi connectivity index (χ0v) is 11.4. The molecule has 1 atom stereocenters. The average molecular weight is 296 g/mol. The molecule has 0 heterocycles. The van der Waals surface area contributed by atoms with E-state index in [1.54, 1.807) is 24.3 Å². The summed E-state index contributed by atoms with van der Waals surface area (Å²) in [6.07, 6.45) is -0.490. The smallest absolute Gasteiger partial charge is 0.326 e. The van der Waals surface area contributed by atoms with Crippen molar-refractivity contribution in [2.24, 2.45) is 5.73 Å². The second kappa shape index (κ2) is 7.73. The van der Waals surface area contributed by atoms with Crippen LogP contribution < -0.4 is 20.5 Å². The molecule has 1 unspecified atom stereocenters. The van der Waals surface area contributed by atoms with Crippen molar-refractivity contribution in [2.75, 3.05) is 13.7 Å². The van der Waals surface area contributed by atoms with Gasteiger partial charge in [0, 0.05) is 0 Å². The maximum absolute atomic E-state index is 11.6. The van der Waals surface area contributed by atoms with Crippen LogP contribution in [0.15, 0.2) is 24.3 Å². The molecule has 0 aliphatic rings. The molecule has 0 saturated heterocycles. The van der Waals surface area contributed by atoms with Crippen LogP contribution in [0.25, 0.3) is 0 Å². The lowest BCUT2D eigenvalue weighted by molar-refractivity contribution is -0.143. The summed E-state index contributed by atoms with van der Waals surface area (Å²) in [5.41, 5.74) is 4.91. The number of carbonyl (C=O) groups excluding carboxylic acids is 2. The second-order valence-electron chi connectivity index (χ2n) is 4.07. The monoisotopic (exact) mass is 296 g/mol. The van der Waals surface area contributed by atoms with Gasteiger partial charge in [-0.15, -0.1) is 0 Å². The number of primary amides is 1. The molecule has 21 heavy (non-hydrogen) atoms. The third kappa shape index (κ3) is 5.39. The third-order valence-corrected chi connectivity index (χ3v) is 2.47. The quantitative estimate of drug-likeness (QED) is 0.594. The van der Waals surface area contributed by atoms with Crippen molar-refractivity contribution in [2.45, 2.75) is 12.5 Å². The van der Waals surface area contributed by atoms with Crippen LogP contribution >= 0.6 is 0 Å². The van der Waals surface area contributed by atoms with Crippen LogP contribution in [0.2, 0.25) is 0 Å². The van der Waals surface area contributed by atoms with Crippen molar-refractivity contribution < 1.29 is 29.0 Å². The lowest BCUT2D eigenvalue weighted by Crippen LogP contribution is -2.45. The molecular formula is C13H16N2O6. The Labute approximate surface area is 120 Å². The van der Waals surface area contributed by atoms with E-state index >= 15 is 0 Å². The molecule has 2 amide bonds. The Kier molecular flexibility index (Phi) is 5.99. The maximum atomic E-state index is 11.6. The summed E-state index contributed by atoms with van der Waals surface area (Å²) in [6.45, 7) is -0.414. The number of methoxy groups -OCH3 is 1. The number of hydrogen-bond acceptors (Lipinski definition) is 5. The van der Waals surface area contributed by atoms with Crippen molar-refractivity contribution in [1.29, 1.82) is 0 Å². The molecule has 0 spiro atoms. The van der Waals surface area contributed by atoms with Gasteiger partial charge in [-0.3, -0.25) is 9.59 Å². The minimum absolute atomic E-state index is 0.344. The highest BCUT2D eigenvalue weighted by Crippen LogP contribution is 2.25. The number of nitrogens with two attached hydrogens (primary N) is 1. The summed E-state index contributed by atoms with van der Waals surface area (Å²) in [5.74, 6) is -2.07. The highest BCUT2D eigenvalue weighted by atomic mass is 16.5. The summed E-state index contributed by atoms with van der Waals surface area (Å²) >= 11 is 0. The van der Waals surface area contributed by atoms with Crippen molar-refractivity contribution in [3.63, 3.8) is 0 Å². The molecule has 0 saturated carbocycles. The maximum Gasteiger partial charge on any atom is 0.326 e. The Morgan fingerprint density at radius 3 is 2.43 bits per heavy atom. The van der Waals surface area contributed by atoms with E-state index in [4.69, 9.17) is 20.3 Å². The van der Waals surface area contributed by atoms with E-state index in [0.29, 0.717) is 11.5 Å². The van der Waals surface area contributed by atoms with E-state index in [2.05, 4.69) is 5.32 Å². The number of carboxylic acid groups (broad SMARTS) is 1. The van der Waals surface area contributed by atoms with Crippen molar-refractivity contribution in [1.82, 2.24) is 5.32 Å². The van der Waals surface area contributed by atoms with Gasteiger partial charge >= 0.3 is 5.97 Å². The van der Waals surface area contributed by atoms with E-state index in [1.807, 2.05) is 0 Å². The van der Waals surface area contributed by atoms with Gasteiger partial charge in [-0.25, -0.2) is 4.79 Å². The largest absolute Gasteiger partial charge is 0.493 e. The molecule has 4 N–H and O–H groups in total. The van der Waals surface area contributed by atoms with Crippen LogP contribution in [-0.4, -0.2) is 42.6 Å². The van der Waals surface area contributed by atoms with Crippen LogP contribution in [0, 0.1) is 0 Å². The molecule has 0 aliphatic carbocycles. The summed E-state index contributed by atoms with van der Waals surface area (Å²) in [7, 11) is 1.45. The van der Waals surface area contributed by atoms with Gasteiger partial charge in [0.2, 0.25) is 5.91 Å². The number of amides is 2. The van der Waals surface area contributed by atoms with Crippen LogP contribution in [0.3, 0.4) is 0 Å². The zero-order chi connectivity index (χ0) is 15.8. The first-order chi connectivity index (χ1) is 9.93. The normalized spacial score (nSPS) is 11.3. The number of para-hydroxylation sites is 2. The molecule has 0 fully saturated rings. The van der Waals surface area contributed by atoms with E-state index in [0.717, 1.165) is 0 Å². The number of ether oxygens (including phenoxy) is 2. The zero-order valence-electron chi connectivity index (χ0n) is 11.4. The Morgan fingerprint density at radius 1 is 1.29 bits per heavy atom. The Balaban J connectivity index is 2.56. The number of nitrogens with one attached hydrogen (secondary N) is 1. The van der Waals surface area contributed by atoms with Gasteiger partial charge in [0.15, 0.2) is 18.1 Å². The molecule has 0 radical (unpaired) electrons. The Hall–Kier alpha value is -2.77. The summed E-state index contributed by atoms with van der Waals surface area (Å²) in [6, 6.07) is 5.31. The Bertz CT molecular complexity index is 531. The molecule has 1 aromatic rings. The molecule has 0 bridgehead atoms. The number of hydrogen-bond donors (Lipinski definition) is 3. The second-order valence-corrected chi connectivity index (χ2v) is 4.07. The van der Waals surface area contributed by atoms with Crippen molar-refractivity contribution >= 4 is 17.8 Å². The fraction of sp³-hybridized carbons (Fsp3) is 0.308. The average Bonchev–Trinajstić information content (AvgIpc) is 2.44.